The molecule has 0 radical (unpaired) electrons. The van der Waals surface area contributed by atoms with Crippen molar-refractivity contribution in [2.45, 2.75) is 51.4 Å². The van der Waals surface area contributed by atoms with Crippen molar-refractivity contribution in [3.8, 4) is 17.1 Å². The molecule has 0 aliphatic carbocycles. The number of nitrogens with zero attached hydrogens (tertiary/aromatic N) is 6. The highest BCUT2D eigenvalue weighted by molar-refractivity contribution is 6.03. The van der Waals surface area contributed by atoms with Gasteiger partial charge in [0.25, 0.3) is 5.91 Å². The summed E-state index contributed by atoms with van der Waals surface area (Å²) >= 11 is 0. The second kappa shape index (κ2) is 10.1. The summed E-state index contributed by atoms with van der Waals surface area (Å²) in [5.74, 6) is 0.660. The summed E-state index contributed by atoms with van der Waals surface area (Å²) in [7, 11) is 1.78. The third-order valence-electron chi connectivity index (χ3n) is 7.40. The van der Waals surface area contributed by atoms with Gasteiger partial charge in [-0.05, 0) is 45.7 Å². The first kappa shape index (κ1) is 26.1. The number of ether oxygens (including phenoxy) is 2. The van der Waals surface area contributed by atoms with Crippen LogP contribution >= 0.6 is 0 Å². The van der Waals surface area contributed by atoms with Gasteiger partial charge in [0.15, 0.2) is 0 Å². The lowest BCUT2D eigenvalue weighted by molar-refractivity contribution is 0.0297. The monoisotopic (exact) mass is 546 g/mol. The largest absolute Gasteiger partial charge is 0.469 e. The minimum atomic E-state index is -0.626. The molecule has 2 unspecified atom stereocenters. The Balaban J connectivity index is 1.35. The van der Waals surface area contributed by atoms with Crippen LogP contribution in [-0.4, -0.2) is 80.6 Å². The summed E-state index contributed by atoms with van der Waals surface area (Å²) in [4.78, 5) is 39.9. The first-order valence-electron chi connectivity index (χ1n) is 13.7. The van der Waals surface area contributed by atoms with E-state index in [1.165, 1.54) is 0 Å². The molecular formula is C28H34N8O4. The topological polar surface area (TPSA) is 127 Å². The molecule has 40 heavy (non-hydrogen) atoms. The fourth-order valence-corrected chi connectivity index (χ4v) is 5.55. The Labute approximate surface area is 232 Å². The van der Waals surface area contributed by atoms with Gasteiger partial charge in [-0.2, -0.15) is 10.1 Å². The van der Waals surface area contributed by atoms with Crippen LogP contribution < -0.4 is 20.3 Å². The Kier molecular flexibility index (Phi) is 6.57. The molecule has 3 amide bonds. The van der Waals surface area contributed by atoms with Crippen LogP contribution in [0.25, 0.3) is 11.3 Å². The molecule has 210 valence electrons. The SMILES string of the molecule is CCN1CC(C)(C)Oc2nc(N3CC4CCC(C3)O4)nc(-c3ccc(NC(=O)Nc4cnn(C)c4)cc3)c2C1=O. The minimum absolute atomic E-state index is 0.155. The molecule has 12 nitrogen and oxygen atoms in total. The Morgan fingerprint density at radius 2 is 1.77 bits per heavy atom. The maximum absolute atomic E-state index is 13.8. The van der Waals surface area contributed by atoms with Crippen molar-refractivity contribution < 1.29 is 19.1 Å². The molecule has 0 saturated carbocycles. The maximum atomic E-state index is 13.8. The van der Waals surface area contributed by atoms with E-state index in [2.05, 4.69) is 20.6 Å². The number of hydrogen-bond donors (Lipinski definition) is 2. The normalized spacial score (nSPS) is 21.4. The molecule has 2 aromatic heterocycles. The van der Waals surface area contributed by atoms with E-state index in [4.69, 9.17) is 19.4 Å². The van der Waals surface area contributed by atoms with Crippen molar-refractivity contribution in [2.24, 2.45) is 7.05 Å². The summed E-state index contributed by atoms with van der Waals surface area (Å²) in [6.45, 7) is 8.24. The highest BCUT2D eigenvalue weighted by Gasteiger charge is 2.39. The van der Waals surface area contributed by atoms with Crippen LogP contribution in [0, 0.1) is 0 Å². The van der Waals surface area contributed by atoms with Gasteiger partial charge in [-0.1, -0.05) is 12.1 Å². The van der Waals surface area contributed by atoms with Gasteiger partial charge in [-0.25, -0.2) is 9.78 Å². The predicted molar refractivity (Wildman–Crippen MR) is 150 cm³/mol. The molecule has 2 saturated heterocycles. The third-order valence-corrected chi connectivity index (χ3v) is 7.40. The van der Waals surface area contributed by atoms with E-state index in [1.807, 2.05) is 32.9 Å². The van der Waals surface area contributed by atoms with Crippen LogP contribution in [0.4, 0.5) is 22.1 Å². The standard InChI is InChI=1S/C28H34N8O4/c1-5-35-16-28(2,3)40-24-22(25(35)37)23(32-26(33-24)36-14-20-10-11-21(15-36)39-20)17-6-8-18(9-7-17)30-27(38)31-19-12-29-34(4)13-19/h6-9,12-13,20-21H,5,10-11,14-16H2,1-4H3,(H2,30,31,38). The maximum Gasteiger partial charge on any atom is 0.323 e. The quantitative estimate of drug-likeness (QED) is 0.498. The molecule has 3 aliphatic rings. The molecule has 5 heterocycles. The number of carbonyl (C=O) groups is 2. The smallest absolute Gasteiger partial charge is 0.323 e. The molecule has 2 fully saturated rings. The molecule has 6 rings (SSSR count). The number of morpholine rings is 1. The fraction of sp³-hybridized carbons (Fsp3) is 0.464. The van der Waals surface area contributed by atoms with Gasteiger partial charge in [0, 0.05) is 44.1 Å². The Morgan fingerprint density at radius 1 is 1.07 bits per heavy atom. The lowest BCUT2D eigenvalue weighted by Gasteiger charge is -2.33. The van der Waals surface area contributed by atoms with Crippen LogP contribution in [0.15, 0.2) is 36.7 Å². The zero-order valence-electron chi connectivity index (χ0n) is 23.2. The molecule has 2 N–H and O–H groups in total. The van der Waals surface area contributed by atoms with Crippen molar-refractivity contribution in [2.75, 3.05) is 41.7 Å². The van der Waals surface area contributed by atoms with Crippen LogP contribution in [0.5, 0.6) is 5.88 Å². The van der Waals surface area contributed by atoms with E-state index in [0.717, 1.165) is 18.4 Å². The number of amides is 3. The third kappa shape index (κ3) is 5.18. The van der Waals surface area contributed by atoms with E-state index in [9.17, 15) is 9.59 Å². The van der Waals surface area contributed by atoms with Gasteiger partial charge in [-0.15, -0.1) is 0 Å². The van der Waals surface area contributed by atoms with Crippen molar-refractivity contribution in [1.82, 2.24) is 24.6 Å². The van der Waals surface area contributed by atoms with E-state index in [1.54, 1.807) is 41.2 Å². The highest BCUT2D eigenvalue weighted by Crippen LogP contribution is 2.37. The summed E-state index contributed by atoms with van der Waals surface area (Å²) in [6, 6.07) is 6.87. The fourth-order valence-electron chi connectivity index (χ4n) is 5.55. The first-order valence-corrected chi connectivity index (χ1v) is 13.7. The van der Waals surface area contributed by atoms with E-state index >= 15 is 0 Å². The molecule has 2 atom stereocenters. The van der Waals surface area contributed by atoms with Crippen molar-refractivity contribution in [3.63, 3.8) is 0 Å². The van der Waals surface area contributed by atoms with Gasteiger partial charge in [0.2, 0.25) is 11.8 Å². The molecular weight excluding hydrogens is 512 g/mol. The summed E-state index contributed by atoms with van der Waals surface area (Å²) in [6.07, 6.45) is 5.64. The number of anilines is 3. The first-order chi connectivity index (χ1) is 19.2. The average molecular weight is 547 g/mol. The van der Waals surface area contributed by atoms with E-state index < -0.39 is 5.60 Å². The molecule has 3 aromatic rings. The van der Waals surface area contributed by atoms with Gasteiger partial charge in [-0.3, -0.25) is 9.48 Å². The number of urea groups is 1. The zero-order chi connectivity index (χ0) is 28.0. The molecule has 3 aliphatic heterocycles. The van der Waals surface area contributed by atoms with Crippen LogP contribution in [0.3, 0.4) is 0 Å². The van der Waals surface area contributed by atoms with Crippen LogP contribution in [0.1, 0.15) is 44.0 Å². The highest BCUT2D eigenvalue weighted by atomic mass is 16.5. The van der Waals surface area contributed by atoms with Crippen molar-refractivity contribution in [1.29, 1.82) is 0 Å². The Hall–Kier alpha value is -4.19. The number of benzene rings is 1. The molecule has 0 spiro atoms. The van der Waals surface area contributed by atoms with Gasteiger partial charge >= 0.3 is 6.03 Å². The average Bonchev–Trinajstić information content (AvgIpc) is 3.46. The Bertz CT molecular complexity index is 1420. The number of nitrogens with one attached hydrogen (secondary N) is 2. The molecule has 12 heteroatoms. The van der Waals surface area contributed by atoms with Crippen molar-refractivity contribution >= 4 is 29.3 Å². The number of aryl methyl sites for hydroxylation is 1. The Morgan fingerprint density at radius 3 is 2.42 bits per heavy atom. The van der Waals surface area contributed by atoms with Crippen LogP contribution in [-0.2, 0) is 11.8 Å². The lowest BCUT2D eigenvalue weighted by Crippen LogP contribution is -2.43. The van der Waals surface area contributed by atoms with E-state index in [-0.39, 0.29) is 24.1 Å². The van der Waals surface area contributed by atoms with Crippen molar-refractivity contribution in [3.05, 3.63) is 42.2 Å². The zero-order valence-corrected chi connectivity index (χ0v) is 23.2. The lowest BCUT2D eigenvalue weighted by atomic mass is 10.0. The second-order valence-electron chi connectivity index (χ2n) is 11.2. The number of aromatic nitrogens is 4. The predicted octanol–water partition coefficient (Wildman–Crippen LogP) is 3.52. The summed E-state index contributed by atoms with van der Waals surface area (Å²) in [5.41, 5.74) is 2.13. The number of hydrogen-bond acceptors (Lipinski definition) is 8. The van der Waals surface area contributed by atoms with Gasteiger partial charge in [0.05, 0.1) is 36.3 Å². The van der Waals surface area contributed by atoms with Crippen LogP contribution in [0.2, 0.25) is 0 Å². The molecule has 2 bridgehead atoms. The number of fused-ring (bicyclic) bond motifs is 3. The van der Waals surface area contributed by atoms with E-state index in [0.29, 0.717) is 60.6 Å². The number of rotatable bonds is 5. The van der Waals surface area contributed by atoms with Gasteiger partial charge < -0.3 is 29.9 Å². The van der Waals surface area contributed by atoms with Gasteiger partial charge in [0.1, 0.15) is 11.2 Å². The number of likely N-dealkylation sites (N-methyl/N-ethyl adjacent to an activating group) is 1. The molecule has 1 aromatic carbocycles. The minimum Gasteiger partial charge on any atom is -0.469 e. The second-order valence-corrected chi connectivity index (χ2v) is 11.2. The number of carbonyl (C=O) groups excluding carboxylic acids is 2. The summed E-state index contributed by atoms with van der Waals surface area (Å²) in [5, 5.41) is 9.63. The summed E-state index contributed by atoms with van der Waals surface area (Å²) < 4.78 is 14.0.